The van der Waals surface area contributed by atoms with Gasteiger partial charge in [0.2, 0.25) is 5.78 Å². The van der Waals surface area contributed by atoms with Gasteiger partial charge in [0.15, 0.2) is 17.3 Å². The number of methoxy groups -OCH3 is 1. The second kappa shape index (κ2) is 5.50. The van der Waals surface area contributed by atoms with Gasteiger partial charge in [-0.05, 0) is 12.5 Å². The number of phenolic OH excluding ortho intramolecular Hbond substituents is 1. The number of carbonyl (C=O) groups is 3. The SMILES string of the molecule is COC1=CC(=O)C=C(C(=O)O)[C@]12Oc1c(Cl)c(C)c(Cl)c(O)c1C2=O. The largest absolute Gasteiger partial charge is 0.505 e. The van der Waals surface area contributed by atoms with Crippen LogP contribution in [-0.4, -0.2) is 40.5 Å². The summed E-state index contributed by atoms with van der Waals surface area (Å²) in [6.45, 7) is 1.49. The van der Waals surface area contributed by atoms with E-state index in [1.807, 2.05) is 0 Å². The molecule has 1 atom stereocenters. The van der Waals surface area contributed by atoms with E-state index in [1.54, 1.807) is 0 Å². The highest BCUT2D eigenvalue weighted by Gasteiger charge is 2.60. The highest BCUT2D eigenvalue weighted by atomic mass is 35.5. The smallest absolute Gasteiger partial charge is 0.336 e. The minimum atomic E-state index is -2.27. The van der Waals surface area contributed by atoms with E-state index in [4.69, 9.17) is 32.7 Å². The fourth-order valence-electron chi connectivity index (χ4n) is 2.86. The Morgan fingerprint density at radius 1 is 1.24 bits per heavy atom. The van der Waals surface area contributed by atoms with Crippen molar-refractivity contribution in [1.82, 2.24) is 0 Å². The van der Waals surface area contributed by atoms with Gasteiger partial charge < -0.3 is 19.7 Å². The third-order valence-corrected chi connectivity index (χ3v) is 4.99. The molecule has 2 N–H and O–H groups in total. The Balaban J connectivity index is 2.36. The van der Waals surface area contributed by atoms with Crippen LogP contribution in [0.5, 0.6) is 11.5 Å². The molecule has 0 amide bonds. The molecule has 0 aromatic heterocycles. The third-order valence-electron chi connectivity index (χ3n) is 4.07. The molecule has 2 aliphatic rings. The molecule has 7 nitrogen and oxygen atoms in total. The highest BCUT2D eigenvalue weighted by Crippen LogP contribution is 2.54. The standard InChI is InChI=1S/C16H10Cl2O7/c1-5-10(17)12(20)9-13(11(5)18)25-16(14(9)21)7(15(22)23)3-6(19)4-8(16)24-2/h3-4,20H,1-2H3,(H,22,23)/t16-/m0/s1. The molecule has 0 unspecified atom stereocenters. The second-order valence-corrected chi connectivity index (χ2v) is 6.15. The van der Waals surface area contributed by atoms with Crippen molar-refractivity contribution in [2.45, 2.75) is 12.5 Å². The molecule has 1 aromatic carbocycles. The summed E-state index contributed by atoms with van der Waals surface area (Å²) in [6.07, 6.45) is 1.70. The van der Waals surface area contributed by atoms with Gasteiger partial charge in [-0.1, -0.05) is 23.2 Å². The number of hydrogen-bond donors (Lipinski definition) is 2. The normalized spacial score (nSPS) is 21.6. The van der Waals surface area contributed by atoms with Gasteiger partial charge >= 0.3 is 5.97 Å². The predicted octanol–water partition coefficient (Wildman–Crippen LogP) is 2.45. The highest BCUT2D eigenvalue weighted by molar-refractivity contribution is 6.40. The lowest BCUT2D eigenvalue weighted by atomic mass is 9.81. The van der Waals surface area contributed by atoms with E-state index in [1.165, 1.54) is 6.92 Å². The Labute approximate surface area is 151 Å². The molecule has 1 spiro atoms. The number of ketones is 2. The topological polar surface area (TPSA) is 110 Å². The number of phenols is 1. The molecule has 1 aliphatic carbocycles. The third kappa shape index (κ3) is 2.09. The minimum Gasteiger partial charge on any atom is -0.505 e. The molecule has 25 heavy (non-hydrogen) atoms. The zero-order chi connectivity index (χ0) is 18.7. The number of Topliss-reactive ketones (excluding diaryl/α,β-unsaturated/α-hetero) is 1. The van der Waals surface area contributed by atoms with Crippen LogP contribution in [0.2, 0.25) is 10.0 Å². The quantitative estimate of drug-likeness (QED) is 0.805. The molecule has 130 valence electrons. The number of hydrogen-bond acceptors (Lipinski definition) is 6. The Bertz CT molecular complexity index is 929. The Morgan fingerprint density at radius 3 is 2.44 bits per heavy atom. The van der Waals surface area contributed by atoms with Gasteiger partial charge in [-0.2, -0.15) is 0 Å². The molecule has 0 fully saturated rings. The van der Waals surface area contributed by atoms with Crippen LogP contribution in [0, 0.1) is 6.92 Å². The lowest BCUT2D eigenvalue weighted by molar-refractivity contribution is -0.134. The van der Waals surface area contributed by atoms with Gasteiger partial charge in [-0.3, -0.25) is 9.59 Å². The van der Waals surface area contributed by atoms with Gasteiger partial charge in [0.05, 0.1) is 22.7 Å². The molecular weight excluding hydrogens is 375 g/mol. The maximum Gasteiger partial charge on any atom is 0.336 e. The van der Waals surface area contributed by atoms with Crippen molar-refractivity contribution < 1.29 is 34.1 Å². The Hall–Kier alpha value is -2.51. The number of allylic oxidation sites excluding steroid dienone is 2. The van der Waals surface area contributed by atoms with Gasteiger partial charge in [0.1, 0.15) is 11.3 Å². The summed E-state index contributed by atoms with van der Waals surface area (Å²) in [7, 11) is 1.16. The monoisotopic (exact) mass is 384 g/mol. The van der Waals surface area contributed by atoms with Crippen molar-refractivity contribution in [3.63, 3.8) is 0 Å². The first-order valence-corrected chi connectivity index (χ1v) is 7.62. The average Bonchev–Trinajstić information content (AvgIpc) is 2.87. The van der Waals surface area contributed by atoms with Crippen LogP contribution in [-0.2, 0) is 14.3 Å². The van der Waals surface area contributed by atoms with Crippen molar-refractivity contribution in [1.29, 1.82) is 0 Å². The number of aliphatic carboxylic acids is 1. The summed E-state index contributed by atoms with van der Waals surface area (Å²) in [5.74, 6) is -4.33. The maximum absolute atomic E-state index is 13.1. The molecule has 0 radical (unpaired) electrons. The second-order valence-electron chi connectivity index (χ2n) is 5.40. The average molecular weight is 385 g/mol. The fourth-order valence-corrected chi connectivity index (χ4v) is 3.32. The summed E-state index contributed by atoms with van der Waals surface area (Å²) in [4.78, 5) is 36.5. The summed E-state index contributed by atoms with van der Waals surface area (Å²) >= 11 is 12.1. The van der Waals surface area contributed by atoms with Gasteiger partial charge in [0.25, 0.3) is 5.60 Å². The van der Waals surface area contributed by atoms with E-state index in [0.717, 1.165) is 19.3 Å². The van der Waals surface area contributed by atoms with Crippen LogP contribution in [0.15, 0.2) is 23.5 Å². The summed E-state index contributed by atoms with van der Waals surface area (Å²) in [5, 5.41) is 19.5. The van der Waals surface area contributed by atoms with Crippen molar-refractivity contribution in [3.8, 4) is 11.5 Å². The zero-order valence-corrected chi connectivity index (χ0v) is 14.4. The molecule has 0 bridgehead atoms. The first-order chi connectivity index (χ1) is 11.7. The van der Waals surface area contributed by atoms with Crippen molar-refractivity contribution in [2.75, 3.05) is 7.11 Å². The number of benzene rings is 1. The molecule has 1 aliphatic heterocycles. The molecule has 3 rings (SSSR count). The zero-order valence-electron chi connectivity index (χ0n) is 12.8. The summed E-state index contributed by atoms with van der Waals surface area (Å²) in [5.41, 5.74) is -3.04. The van der Waals surface area contributed by atoms with Crippen molar-refractivity contribution in [2.24, 2.45) is 0 Å². The van der Waals surface area contributed by atoms with E-state index in [-0.39, 0.29) is 32.7 Å². The number of rotatable bonds is 2. The van der Waals surface area contributed by atoms with Crippen LogP contribution >= 0.6 is 23.2 Å². The van der Waals surface area contributed by atoms with Crippen LogP contribution in [0.3, 0.4) is 0 Å². The van der Waals surface area contributed by atoms with E-state index in [9.17, 15) is 24.6 Å². The number of fused-ring (bicyclic) bond motifs is 1. The van der Waals surface area contributed by atoms with Crippen molar-refractivity contribution in [3.05, 3.63) is 44.7 Å². The van der Waals surface area contributed by atoms with Crippen molar-refractivity contribution >= 4 is 40.7 Å². The lowest BCUT2D eigenvalue weighted by Crippen LogP contribution is -2.49. The molecule has 1 aromatic rings. The van der Waals surface area contributed by atoms with Crippen LogP contribution in [0.4, 0.5) is 0 Å². The Kier molecular flexibility index (Phi) is 3.81. The van der Waals surface area contributed by atoms with Crippen LogP contribution in [0.1, 0.15) is 15.9 Å². The van der Waals surface area contributed by atoms with E-state index < -0.39 is 34.5 Å². The van der Waals surface area contributed by atoms with Gasteiger partial charge in [-0.15, -0.1) is 0 Å². The number of carboxylic acids is 1. The lowest BCUT2D eigenvalue weighted by Gasteiger charge is -2.31. The predicted molar refractivity (Wildman–Crippen MR) is 86.4 cm³/mol. The molecular formula is C16H10Cl2O7. The van der Waals surface area contributed by atoms with Crippen LogP contribution in [0.25, 0.3) is 0 Å². The first-order valence-electron chi connectivity index (χ1n) is 6.86. The minimum absolute atomic E-state index is 0.0554. The number of aromatic hydroxyl groups is 1. The van der Waals surface area contributed by atoms with E-state index in [0.29, 0.717) is 0 Å². The fraction of sp³-hybridized carbons (Fsp3) is 0.188. The molecule has 0 saturated carbocycles. The molecule has 0 saturated heterocycles. The summed E-state index contributed by atoms with van der Waals surface area (Å²) in [6, 6.07) is 0. The van der Waals surface area contributed by atoms with E-state index in [2.05, 4.69) is 0 Å². The maximum atomic E-state index is 13.1. The first kappa shape index (κ1) is 17.3. The number of ether oxygens (including phenoxy) is 2. The molecule has 9 heteroatoms. The van der Waals surface area contributed by atoms with E-state index >= 15 is 0 Å². The number of halogens is 2. The number of carboxylic acid groups (broad SMARTS) is 1. The molecule has 1 heterocycles. The number of carbonyl (C=O) groups excluding carboxylic acids is 2. The summed E-state index contributed by atoms with van der Waals surface area (Å²) < 4.78 is 10.7. The van der Waals surface area contributed by atoms with Gasteiger partial charge in [0, 0.05) is 12.2 Å². The Morgan fingerprint density at radius 2 is 1.88 bits per heavy atom. The van der Waals surface area contributed by atoms with Gasteiger partial charge in [-0.25, -0.2) is 4.79 Å². The van der Waals surface area contributed by atoms with Crippen LogP contribution < -0.4 is 4.74 Å².